The van der Waals surface area contributed by atoms with Crippen molar-refractivity contribution >= 4 is 61.2 Å². The number of nitro benzene ring substituents is 2. The van der Waals surface area contributed by atoms with Gasteiger partial charge in [-0.05, 0) is 80.3 Å². The van der Waals surface area contributed by atoms with Crippen LogP contribution in [0.25, 0.3) is 6.08 Å². The molecule has 0 spiro atoms. The molecule has 10 nitrogen and oxygen atoms in total. The van der Waals surface area contributed by atoms with Gasteiger partial charge in [0.1, 0.15) is 12.4 Å². The second kappa shape index (κ2) is 10.4. The lowest BCUT2D eigenvalue weighted by Gasteiger charge is -2.11. The molecule has 0 N–H and O–H groups in total. The van der Waals surface area contributed by atoms with Gasteiger partial charge in [0.15, 0.2) is 5.70 Å². The topological polar surface area (TPSA) is 134 Å². The van der Waals surface area contributed by atoms with Crippen LogP contribution in [0.4, 0.5) is 11.4 Å². The molecule has 0 saturated carbocycles. The fourth-order valence-corrected chi connectivity index (χ4v) is 4.85. The van der Waals surface area contributed by atoms with E-state index in [9.17, 15) is 25.0 Å². The maximum atomic E-state index is 12.4. The van der Waals surface area contributed by atoms with Crippen molar-refractivity contribution in [2.75, 3.05) is 0 Å². The molecule has 3 aromatic carbocycles. The number of nitrogens with zero attached hydrogens (tertiary/aromatic N) is 3. The van der Waals surface area contributed by atoms with E-state index in [1.54, 1.807) is 31.2 Å². The van der Waals surface area contributed by atoms with Gasteiger partial charge >= 0.3 is 5.97 Å². The quantitative estimate of drug-likeness (QED) is 0.132. The number of cyclic esters (lactones) is 1. The number of non-ortho nitro benzene ring substituents is 1. The van der Waals surface area contributed by atoms with E-state index >= 15 is 0 Å². The summed E-state index contributed by atoms with van der Waals surface area (Å²) in [5, 5.41) is 22.0. The van der Waals surface area contributed by atoms with Crippen LogP contribution in [-0.2, 0) is 16.1 Å². The number of aliphatic imine (C=N–C) groups is 1. The lowest BCUT2D eigenvalue weighted by Crippen LogP contribution is -2.06. The van der Waals surface area contributed by atoms with Crippen LogP contribution < -0.4 is 4.74 Å². The van der Waals surface area contributed by atoms with Crippen molar-refractivity contribution in [2.24, 2.45) is 4.99 Å². The highest BCUT2D eigenvalue weighted by molar-refractivity contribution is 9.11. The Kier molecular flexibility index (Phi) is 7.27. The Balaban J connectivity index is 1.55. The van der Waals surface area contributed by atoms with Crippen LogP contribution in [0, 0.1) is 27.2 Å². The number of benzene rings is 3. The fraction of sp³-hybridized carbons (Fsp3) is 0.0833. The Morgan fingerprint density at radius 1 is 1.03 bits per heavy atom. The SMILES string of the molecule is Cc1cc(C2=N/C(=C\c3cc(Br)c(OCc4cccc([N+](=O)[O-])c4)c(Br)c3)C(=O)O2)ccc1[N+](=O)[O-]. The Labute approximate surface area is 220 Å². The van der Waals surface area contributed by atoms with Crippen LogP contribution in [0.1, 0.15) is 22.3 Å². The van der Waals surface area contributed by atoms with Gasteiger partial charge < -0.3 is 9.47 Å². The van der Waals surface area contributed by atoms with Crippen LogP contribution in [0.3, 0.4) is 0 Å². The Morgan fingerprint density at radius 3 is 2.39 bits per heavy atom. The van der Waals surface area contributed by atoms with Crippen molar-refractivity contribution in [3.8, 4) is 5.75 Å². The van der Waals surface area contributed by atoms with Gasteiger partial charge in [0.25, 0.3) is 11.4 Å². The van der Waals surface area contributed by atoms with Crippen molar-refractivity contribution in [1.82, 2.24) is 0 Å². The summed E-state index contributed by atoms with van der Waals surface area (Å²) < 4.78 is 12.3. The summed E-state index contributed by atoms with van der Waals surface area (Å²) in [5.41, 5.74) is 2.11. The monoisotopic (exact) mass is 615 g/mol. The summed E-state index contributed by atoms with van der Waals surface area (Å²) in [6, 6.07) is 13.9. The molecule has 0 aromatic heterocycles. The predicted octanol–water partition coefficient (Wildman–Crippen LogP) is 6.26. The summed E-state index contributed by atoms with van der Waals surface area (Å²) >= 11 is 6.90. The average molecular weight is 617 g/mol. The molecule has 0 fully saturated rings. The highest BCUT2D eigenvalue weighted by Gasteiger charge is 2.25. The van der Waals surface area contributed by atoms with E-state index in [-0.39, 0.29) is 29.6 Å². The highest BCUT2D eigenvalue weighted by atomic mass is 79.9. The van der Waals surface area contributed by atoms with Gasteiger partial charge in [-0.2, -0.15) is 0 Å². The van der Waals surface area contributed by atoms with Gasteiger partial charge in [0, 0.05) is 29.3 Å². The predicted molar refractivity (Wildman–Crippen MR) is 138 cm³/mol. The van der Waals surface area contributed by atoms with E-state index in [0.29, 0.717) is 36.9 Å². The minimum absolute atomic E-state index is 0.0246. The van der Waals surface area contributed by atoms with Gasteiger partial charge in [0.2, 0.25) is 5.90 Å². The fourth-order valence-electron chi connectivity index (χ4n) is 3.40. The molecule has 0 atom stereocenters. The average Bonchev–Trinajstić information content (AvgIpc) is 3.18. The molecule has 36 heavy (non-hydrogen) atoms. The zero-order valence-corrected chi connectivity index (χ0v) is 21.6. The van der Waals surface area contributed by atoms with Crippen molar-refractivity contribution in [3.63, 3.8) is 0 Å². The number of aryl methyl sites for hydroxylation is 1. The minimum Gasteiger partial charge on any atom is -0.487 e. The number of ether oxygens (including phenoxy) is 2. The summed E-state index contributed by atoms with van der Waals surface area (Å²) in [6.07, 6.45) is 1.54. The number of carbonyl (C=O) groups is 1. The van der Waals surface area contributed by atoms with Gasteiger partial charge in [-0.3, -0.25) is 20.2 Å². The largest absolute Gasteiger partial charge is 0.487 e. The number of halogens is 2. The van der Waals surface area contributed by atoms with Gasteiger partial charge in [-0.25, -0.2) is 9.79 Å². The van der Waals surface area contributed by atoms with E-state index in [0.717, 1.165) is 0 Å². The number of rotatable bonds is 7. The number of hydrogen-bond donors (Lipinski definition) is 0. The molecular weight excluding hydrogens is 602 g/mol. The van der Waals surface area contributed by atoms with E-state index in [2.05, 4.69) is 36.9 Å². The highest BCUT2D eigenvalue weighted by Crippen LogP contribution is 2.36. The molecule has 4 rings (SSSR count). The number of carbonyl (C=O) groups excluding carboxylic acids is 1. The standard InChI is InChI=1S/C24H15Br2N3O7/c1-13-7-16(5-6-21(13)29(33)34)23-27-20(24(30)36-23)11-15-9-18(25)22(19(26)10-15)35-12-14-3-2-4-17(8-14)28(31)32/h2-11H,12H2,1H3/b20-11-. The number of nitro groups is 2. The van der Waals surface area contributed by atoms with Gasteiger partial charge in [-0.15, -0.1) is 0 Å². The van der Waals surface area contributed by atoms with Crippen molar-refractivity contribution in [3.05, 3.63) is 112 Å². The molecule has 182 valence electrons. The van der Waals surface area contributed by atoms with Crippen LogP contribution in [0.2, 0.25) is 0 Å². The van der Waals surface area contributed by atoms with Crippen molar-refractivity contribution < 1.29 is 24.1 Å². The van der Waals surface area contributed by atoms with Gasteiger partial charge in [-0.1, -0.05) is 12.1 Å². The van der Waals surface area contributed by atoms with Crippen LogP contribution in [0.5, 0.6) is 5.75 Å². The molecule has 3 aromatic rings. The Bertz CT molecular complexity index is 1460. The lowest BCUT2D eigenvalue weighted by atomic mass is 10.1. The maximum absolute atomic E-state index is 12.4. The summed E-state index contributed by atoms with van der Waals surface area (Å²) in [5.74, 6) is -0.123. The molecule has 0 saturated heterocycles. The van der Waals surface area contributed by atoms with Crippen LogP contribution >= 0.6 is 31.9 Å². The summed E-state index contributed by atoms with van der Waals surface area (Å²) in [6.45, 7) is 1.70. The van der Waals surface area contributed by atoms with E-state index in [1.807, 2.05) is 0 Å². The summed E-state index contributed by atoms with van der Waals surface area (Å²) in [7, 11) is 0. The summed E-state index contributed by atoms with van der Waals surface area (Å²) in [4.78, 5) is 37.7. The molecule has 1 heterocycles. The lowest BCUT2D eigenvalue weighted by molar-refractivity contribution is -0.385. The van der Waals surface area contributed by atoms with E-state index < -0.39 is 15.8 Å². The molecule has 1 aliphatic rings. The van der Waals surface area contributed by atoms with E-state index in [1.165, 1.54) is 36.4 Å². The molecule has 0 bridgehead atoms. The molecule has 1 aliphatic heterocycles. The van der Waals surface area contributed by atoms with Crippen molar-refractivity contribution in [2.45, 2.75) is 13.5 Å². The Morgan fingerprint density at radius 2 is 1.75 bits per heavy atom. The molecule has 0 unspecified atom stereocenters. The third kappa shape index (κ3) is 5.50. The van der Waals surface area contributed by atoms with Crippen LogP contribution in [-0.4, -0.2) is 21.7 Å². The zero-order chi connectivity index (χ0) is 26.0. The zero-order valence-electron chi connectivity index (χ0n) is 18.4. The van der Waals surface area contributed by atoms with Gasteiger partial charge in [0.05, 0.1) is 18.8 Å². The molecular formula is C24H15Br2N3O7. The van der Waals surface area contributed by atoms with Crippen molar-refractivity contribution in [1.29, 1.82) is 0 Å². The first-order valence-corrected chi connectivity index (χ1v) is 11.8. The second-order valence-corrected chi connectivity index (χ2v) is 9.33. The first-order chi connectivity index (χ1) is 17.1. The smallest absolute Gasteiger partial charge is 0.363 e. The normalized spacial score (nSPS) is 13.9. The molecule has 0 aliphatic carbocycles. The minimum atomic E-state index is -0.653. The first kappa shape index (κ1) is 25.2. The molecule has 12 heteroatoms. The number of hydrogen-bond acceptors (Lipinski definition) is 8. The Hall–Kier alpha value is -3.90. The third-order valence-electron chi connectivity index (χ3n) is 5.09. The molecule has 0 amide bonds. The second-order valence-electron chi connectivity index (χ2n) is 7.62. The number of esters is 1. The molecule has 0 radical (unpaired) electrons. The third-order valence-corrected chi connectivity index (χ3v) is 6.27. The maximum Gasteiger partial charge on any atom is 0.363 e. The van der Waals surface area contributed by atoms with Crippen LogP contribution in [0.15, 0.2) is 74.2 Å². The first-order valence-electron chi connectivity index (χ1n) is 10.3. The van der Waals surface area contributed by atoms with E-state index in [4.69, 9.17) is 9.47 Å².